The predicted molar refractivity (Wildman–Crippen MR) is 58.0 cm³/mol. The zero-order valence-corrected chi connectivity index (χ0v) is 9.19. The second-order valence-corrected chi connectivity index (χ2v) is 3.85. The molecule has 0 aromatic carbocycles. The van der Waals surface area contributed by atoms with Crippen molar-refractivity contribution in [1.82, 2.24) is 0 Å². The average molecular weight is 198 g/mol. The van der Waals surface area contributed by atoms with Crippen molar-refractivity contribution in [3.05, 3.63) is 11.6 Å². The molecule has 0 saturated carbocycles. The first-order valence-electron chi connectivity index (χ1n) is 4.49. The van der Waals surface area contributed by atoms with Crippen LogP contribution in [0.3, 0.4) is 0 Å². The molecule has 0 radical (unpaired) electrons. The van der Waals surface area contributed by atoms with Crippen LogP contribution >= 0.6 is 0 Å². The maximum atomic E-state index is 7.84. The van der Waals surface area contributed by atoms with Crippen molar-refractivity contribution in [2.45, 2.75) is 39.7 Å². The molecule has 1 N–H and O–H groups in total. The first-order valence-corrected chi connectivity index (χ1v) is 4.49. The van der Waals surface area contributed by atoms with Gasteiger partial charge in [-0.3, -0.25) is 0 Å². The van der Waals surface area contributed by atoms with Crippen molar-refractivity contribution in [1.29, 1.82) is 0 Å². The van der Waals surface area contributed by atoms with Gasteiger partial charge in [-0.25, -0.2) is 0 Å². The Bertz CT molecular complexity index is 229. The van der Waals surface area contributed by atoms with E-state index < -0.39 is 0 Å². The SMILES string of the molecule is CC(C)=CC=NO.CC1(C)CC=NO1. The molecule has 14 heavy (non-hydrogen) atoms. The lowest BCUT2D eigenvalue weighted by molar-refractivity contribution is 0.0123. The third-order valence-corrected chi connectivity index (χ3v) is 1.43. The van der Waals surface area contributed by atoms with E-state index >= 15 is 0 Å². The first-order chi connectivity index (χ1) is 6.48. The van der Waals surface area contributed by atoms with E-state index in [0.29, 0.717) is 0 Å². The van der Waals surface area contributed by atoms with Crippen LogP contribution in [0.1, 0.15) is 34.1 Å². The Morgan fingerprint density at radius 3 is 2.36 bits per heavy atom. The van der Waals surface area contributed by atoms with Gasteiger partial charge in [-0.2, -0.15) is 0 Å². The van der Waals surface area contributed by atoms with Crippen LogP contribution < -0.4 is 0 Å². The zero-order chi connectivity index (χ0) is 11.0. The molecule has 0 unspecified atom stereocenters. The van der Waals surface area contributed by atoms with E-state index in [1.54, 1.807) is 12.3 Å². The molecule has 0 fully saturated rings. The summed E-state index contributed by atoms with van der Waals surface area (Å²) in [4.78, 5) is 4.91. The Labute approximate surface area is 84.9 Å². The van der Waals surface area contributed by atoms with Crippen LogP contribution in [-0.2, 0) is 4.84 Å². The predicted octanol–water partition coefficient (Wildman–Crippen LogP) is 2.58. The van der Waals surface area contributed by atoms with Crippen LogP contribution in [0.15, 0.2) is 22.0 Å². The highest BCUT2D eigenvalue weighted by Gasteiger charge is 2.21. The summed E-state index contributed by atoms with van der Waals surface area (Å²) in [5, 5.41) is 14.2. The van der Waals surface area contributed by atoms with Gasteiger partial charge < -0.3 is 10.0 Å². The van der Waals surface area contributed by atoms with E-state index in [0.717, 1.165) is 12.0 Å². The minimum atomic E-state index is -0.0278. The third kappa shape index (κ3) is 7.34. The Kier molecular flexibility index (Phi) is 5.60. The van der Waals surface area contributed by atoms with E-state index in [4.69, 9.17) is 10.0 Å². The van der Waals surface area contributed by atoms with Crippen molar-refractivity contribution in [3.8, 4) is 0 Å². The number of hydrogen-bond acceptors (Lipinski definition) is 4. The summed E-state index contributed by atoms with van der Waals surface area (Å²) in [6.45, 7) is 7.89. The summed E-state index contributed by atoms with van der Waals surface area (Å²) in [6, 6.07) is 0. The highest BCUT2D eigenvalue weighted by Crippen LogP contribution is 2.17. The molecule has 0 saturated heterocycles. The van der Waals surface area contributed by atoms with Crippen molar-refractivity contribution in [2.75, 3.05) is 0 Å². The Balaban J connectivity index is 0.000000241. The Morgan fingerprint density at radius 2 is 2.21 bits per heavy atom. The van der Waals surface area contributed by atoms with Crippen LogP contribution in [-0.4, -0.2) is 23.2 Å². The zero-order valence-electron chi connectivity index (χ0n) is 9.19. The quantitative estimate of drug-likeness (QED) is 0.400. The second-order valence-electron chi connectivity index (χ2n) is 3.85. The van der Waals surface area contributed by atoms with Crippen LogP contribution in [0.5, 0.6) is 0 Å². The summed E-state index contributed by atoms with van der Waals surface area (Å²) in [5.41, 5.74) is 1.10. The fraction of sp³-hybridized carbons (Fsp3) is 0.600. The fourth-order valence-corrected chi connectivity index (χ4v) is 0.657. The summed E-state index contributed by atoms with van der Waals surface area (Å²) in [7, 11) is 0. The molecule has 1 aliphatic rings. The molecule has 0 aromatic rings. The van der Waals surface area contributed by atoms with Gasteiger partial charge in [0, 0.05) is 12.6 Å². The first kappa shape index (κ1) is 12.7. The molecular weight excluding hydrogens is 180 g/mol. The van der Waals surface area contributed by atoms with Gasteiger partial charge >= 0.3 is 0 Å². The van der Waals surface area contributed by atoms with Gasteiger partial charge in [0.25, 0.3) is 0 Å². The van der Waals surface area contributed by atoms with Crippen LogP contribution in [0.25, 0.3) is 0 Å². The van der Waals surface area contributed by atoms with Crippen LogP contribution in [0.2, 0.25) is 0 Å². The lowest BCUT2D eigenvalue weighted by atomic mass is 10.1. The Hall–Kier alpha value is -1.32. The van der Waals surface area contributed by atoms with Crippen molar-refractivity contribution < 1.29 is 10.0 Å². The van der Waals surface area contributed by atoms with E-state index in [2.05, 4.69) is 10.3 Å². The fourth-order valence-electron chi connectivity index (χ4n) is 0.657. The van der Waals surface area contributed by atoms with E-state index in [-0.39, 0.29) is 5.60 Å². The number of nitrogens with zero attached hydrogens (tertiary/aromatic N) is 2. The molecule has 0 spiro atoms. The normalized spacial score (nSPS) is 17.1. The molecule has 0 atom stereocenters. The monoisotopic (exact) mass is 198 g/mol. The third-order valence-electron chi connectivity index (χ3n) is 1.43. The van der Waals surface area contributed by atoms with Crippen LogP contribution in [0.4, 0.5) is 0 Å². The number of rotatable bonds is 1. The van der Waals surface area contributed by atoms with Gasteiger partial charge in [0.2, 0.25) is 0 Å². The van der Waals surface area contributed by atoms with Gasteiger partial charge in [0.1, 0.15) is 5.60 Å². The lowest BCUT2D eigenvalue weighted by Gasteiger charge is -2.12. The topological polar surface area (TPSA) is 54.2 Å². The molecule has 4 heteroatoms. The summed E-state index contributed by atoms with van der Waals surface area (Å²) < 4.78 is 0. The summed E-state index contributed by atoms with van der Waals surface area (Å²) in [5.74, 6) is 0. The standard InChI is InChI=1S/2C5H9NO/c1-5(2)3-4-6-7-5;1-5(2)3-4-6-7/h4H,3H2,1-2H3;3-4,7H,1-2H3. The molecule has 0 aromatic heterocycles. The summed E-state index contributed by atoms with van der Waals surface area (Å²) in [6.07, 6.45) is 5.79. The molecule has 0 amide bonds. The van der Waals surface area contributed by atoms with Gasteiger partial charge in [-0.05, 0) is 33.8 Å². The highest BCUT2D eigenvalue weighted by atomic mass is 16.7. The number of oxime groups is 2. The largest absolute Gasteiger partial charge is 0.411 e. The average Bonchev–Trinajstić information content (AvgIpc) is 2.47. The van der Waals surface area contributed by atoms with E-state index in [1.165, 1.54) is 6.21 Å². The Morgan fingerprint density at radius 1 is 1.57 bits per heavy atom. The molecule has 0 bridgehead atoms. The maximum absolute atomic E-state index is 7.84. The van der Waals surface area contributed by atoms with Crippen molar-refractivity contribution in [3.63, 3.8) is 0 Å². The van der Waals surface area contributed by atoms with Crippen molar-refractivity contribution >= 4 is 12.4 Å². The number of hydrogen-bond donors (Lipinski definition) is 1. The minimum Gasteiger partial charge on any atom is -0.411 e. The lowest BCUT2D eigenvalue weighted by Crippen LogP contribution is -2.16. The molecule has 1 rings (SSSR count). The van der Waals surface area contributed by atoms with Gasteiger partial charge in [-0.15, -0.1) is 0 Å². The molecular formula is C10H18N2O2. The van der Waals surface area contributed by atoms with Gasteiger partial charge in [0.05, 0.1) is 6.21 Å². The van der Waals surface area contributed by atoms with E-state index in [9.17, 15) is 0 Å². The van der Waals surface area contributed by atoms with Gasteiger partial charge in [-0.1, -0.05) is 15.9 Å². The smallest absolute Gasteiger partial charge is 0.137 e. The van der Waals surface area contributed by atoms with E-state index in [1.807, 2.05) is 27.7 Å². The van der Waals surface area contributed by atoms with Crippen molar-refractivity contribution in [2.24, 2.45) is 10.3 Å². The molecule has 0 aliphatic carbocycles. The minimum absolute atomic E-state index is 0.0278. The molecule has 80 valence electrons. The summed E-state index contributed by atoms with van der Waals surface area (Å²) >= 11 is 0. The highest BCUT2D eigenvalue weighted by molar-refractivity contribution is 5.71. The second kappa shape index (κ2) is 6.18. The molecule has 1 heterocycles. The maximum Gasteiger partial charge on any atom is 0.137 e. The van der Waals surface area contributed by atoms with Gasteiger partial charge in [0.15, 0.2) is 0 Å². The number of allylic oxidation sites excluding steroid dienone is 2. The molecule has 4 nitrogen and oxygen atoms in total. The van der Waals surface area contributed by atoms with Crippen LogP contribution in [0, 0.1) is 0 Å². The molecule has 1 aliphatic heterocycles.